The van der Waals surface area contributed by atoms with Gasteiger partial charge in [0.25, 0.3) is 0 Å². The Kier molecular flexibility index (Phi) is 5.25. The van der Waals surface area contributed by atoms with E-state index in [1.54, 1.807) is 0 Å². The molecule has 0 aliphatic carbocycles. The van der Waals surface area contributed by atoms with Crippen LogP contribution in [-0.2, 0) is 4.79 Å². The van der Waals surface area contributed by atoms with Crippen LogP contribution in [0.15, 0.2) is 12.2 Å². The van der Waals surface area contributed by atoms with Gasteiger partial charge in [0, 0.05) is 18.7 Å². The van der Waals surface area contributed by atoms with Crippen molar-refractivity contribution in [1.82, 2.24) is 9.80 Å². The Morgan fingerprint density at radius 2 is 1.65 bits per heavy atom. The van der Waals surface area contributed by atoms with Gasteiger partial charge in [-0.25, -0.2) is 0 Å². The van der Waals surface area contributed by atoms with Gasteiger partial charge in [-0.1, -0.05) is 19.9 Å². The maximum Gasteiger partial charge on any atom is 0.248 e. The summed E-state index contributed by atoms with van der Waals surface area (Å²) < 4.78 is 0. The number of hydrogen-bond acceptors (Lipinski definition) is 2. The van der Waals surface area contributed by atoms with Crippen LogP contribution in [0.3, 0.4) is 0 Å². The highest BCUT2D eigenvalue weighted by Crippen LogP contribution is 2.41. The molecule has 0 aromatic carbocycles. The second-order valence-corrected chi connectivity index (χ2v) is 6.77. The van der Waals surface area contributed by atoms with Crippen LogP contribution in [0, 0.1) is 5.41 Å². The van der Waals surface area contributed by atoms with E-state index in [-0.39, 0.29) is 5.91 Å². The van der Waals surface area contributed by atoms with Gasteiger partial charge in [0.05, 0.1) is 0 Å². The zero-order chi connectivity index (χ0) is 14.6. The van der Waals surface area contributed by atoms with E-state index in [4.69, 9.17) is 0 Å². The van der Waals surface area contributed by atoms with Gasteiger partial charge in [-0.2, -0.15) is 0 Å². The zero-order valence-electron chi connectivity index (χ0n) is 13.3. The molecule has 3 heteroatoms. The number of piperidine rings is 2. The summed E-state index contributed by atoms with van der Waals surface area (Å²) >= 11 is 0. The molecule has 114 valence electrons. The Morgan fingerprint density at radius 3 is 2.15 bits per heavy atom. The topological polar surface area (TPSA) is 23.6 Å². The quantitative estimate of drug-likeness (QED) is 0.738. The lowest BCUT2D eigenvalue weighted by molar-refractivity contribution is -0.129. The molecule has 0 bridgehead atoms. The highest BCUT2D eigenvalue weighted by atomic mass is 16.2. The summed E-state index contributed by atoms with van der Waals surface area (Å²) in [7, 11) is 0. The fourth-order valence-corrected chi connectivity index (χ4v) is 3.59. The van der Waals surface area contributed by atoms with E-state index >= 15 is 0 Å². The molecule has 2 aliphatic heterocycles. The van der Waals surface area contributed by atoms with E-state index < -0.39 is 0 Å². The summed E-state index contributed by atoms with van der Waals surface area (Å²) in [6.07, 6.45) is 7.65. The van der Waals surface area contributed by atoms with Crippen molar-refractivity contribution < 1.29 is 4.79 Å². The van der Waals surface area contributed by atoms with Crippen LogP contribution >= 0.6 is 0 Å². The van der Waals surface area contributed by atoms with Crippen LogP contribution in [0.5, 0.6) is 0 Å². The van der Waals surface area contributed by atoms with Crippen molar-refractivity contribution in [3.05, 3.63) is 12.2 Å². The number of hydrogen-bond donors (Lipinski definition) is 0. The maximum atomic E-state index is 12.0. The summed E-state index contributed by atoms with van der Waals surface area (Å²) in [5.74, 6) is 0.153. The fraction of sp³-hybridized carbons (Fsp3) is 0.824. The second kappa shape index (κ2) is 6.75. The average Bonchev–Trinajstić information content (AvgIpc) is 2.47. The van der Waals surface area contributed by atoms with Crippen LogP contribution in [0.4, 0.5) is 0 Å². The van der Waals surface area contributed by atoms with Crippen LogP contribution < -0.4 is 0 Å². The Hall–Kier alpha value is -0.830. The molecule has 0 saturated carbocycles. The van der Waals surface area contributed by atoms with Crippen molar-refractivity contribution in [2.24, 2.45) is 5.41 Å². The van der Waals surface area contributed by atoms with Crippen molar-refractivity contribution in [1.29, 1.82) is 0 Å². The number of carbonyl (C=O) groups is 1. The number of nitrogens with zero attached hydrogens (tertiary/aromatic N) is 2. The van der Waals surface area contributed by atoms with E-state index in [2.05, 4.69) is 18.4 Å². The van der Waals surface area contributed by atoms with E-state index in [1.807, 2.05) is 11.8 Å². The van der Waals surface area contributed by atoms with Gasteiger partial charge in [-0.05, 0) is 64.1 Å². The van der Waals surface area contributed by atoms with Gasteiger partial charge in [-0.15, -0.1) is 0 Å². The summed E-state index contributed by atoms with van der Waals surface area (Å²) in [6, 6.07) is 0. The lowest BCUT2D eigenvalue weighted by atomic mass is 9.71. The van der Waals surface area contributed by atoms with Crippen molar-refractivity contribution in [2.45, 2.75) is 52.4 Å². The minimum Gasteiger partial charge on any atom is -0.339 e. The Labute approximate surface area is 124 Å². The van der Waals surface area contributed by atoms with Gasteiger partial charge < -0.3 is 9.80 Å². The molecule has 3 nitrogen and oxygen atoms in total. The molecule has 2 rings (SSSR count). The molecular formula is C17H30N2O. The van der Waals surface area contributed by atoms with Crippen LogP contribution in [-0.4, -0.2) is 48.4 Å². The molecule has 2 saturated heterocycles. The van der Waals surface area contributed by atoms with Crippen molar-refractivity contribution in [3.63, 3.8) is 0 Å². The summed E-state index contributed by atoms with van der Waals surface area (Å²) in [5.41, 5.74) is 1.20. The van der Waals surface area contributed by atoms with Gasteiger partial charge in [0.2, 0.25) is 5.91 Å². The van der Waals surface area contributed by atoms with Gasteiger partial charge in [0.15, 0.2) is 0 Å². The van der Waals surface area contributed by atoms with E-state index in [9.17, 15) is 4.79 Å². The molecule has 1 spiro atoms. The van der Waals surface area contributed by atoms with Gasteiger partial charge in [0.1, 0.15) is 0 Å². The molecule has 0 unspecified atom stereocenters. The number of likely N-dealkylation sites (tertiary alicyclic amines) is 2. The molecule has 2 aliphatic rings. The molecule has 20 heavy (non-hydrogen) atoms. The Morgan fingerprint density at radius 1 is 1.10 bits per heavy atom. The third kappa shape index (κ3) is 3.63. The van der Waals surface area contributed by atoms with Crippen LogP contribution in [0.1, 0.15) is 52.4 Å². The van der Waals surface area contributed by atoms with E-state index in [0.717, 1.165) is 13.1 Å². The number of carbonyl (C=O) groups excluding carboxylic acids is 1. The van der Waals surface area contributed by atoms with Crippen molar-refractivity contribution in [3.8, 4) is 0 Å². The molecule has 0 atom stereocenters. The summed E-state index contributed by atoms with van der Waals surface area (Å²) in [4.78, 5) is 16.6. The minimum absolute atomic E-state index is 0.153. The normalized spacial score (nSPS) is 23.0. The van der Waals surface area contributed by atoms with Crippen molar-refractivity contribution >= 4 is 5.91 Å². The van der Waals surface area contributed by atoms with Crippen LogP contribution in [0.2, 0.25) is 0 Å². The molecule has 0 aromatic rings. The largest absolute Gasteiger partial charge is 0.339 e. The first-order chi connectivity index (χ1) is 9.56. The lowest BCUT2D eigenvalue weighted by Gasteiger charge is -2.47. The molecular weight excluding hydrogens is 248 g/mol. The zero-order valence-corrected chi connectivity index (χ0v) is 13.3. The smallest absolute Gasteiger partial charge is 0.248 e. The predicted molar refractivity (Wildman–Crippen MR) is 83.6 cm³/mol. The molecule has 2 fully saturated rings. The van der Waals surface area contributed by atoms with E-state index in [0.29, 0.717) is 11.0 Å². The second-order valence-electron chi connectivity index (χ2n) is 6.77. The maximum absolute atomic E-state index is 12.0. The number of amides is 1. The predicted octanol–water partition coefficient (Wildman–Crippen LogP) is 3.07. The molecule has 2 heterocycles. The lowest BCUT2D eigenvalue weighted by Crippen LogP contribution is -2.48. The third-order valence-electron chi connectivity index (χ3n) is 5.22. The first-order valence-corrected chi connectivity index (χ1v) is 8.23. The third-order valence-corrected chi connectivity index (χ3v) is 5.22. The summed E-state index contributed by atoms with van der Waals surface area (Å²) in [5, 5.41) is 0. The molecule has 1 amide bonds. The first kappa shape index (κ1) is 15.6. The molecule has 0 radical (unpaired) electrons. The highest BCUT2D eigenvalue weighted by Gasteiger charge is 2.38. The Bertz CT molecular complexity index is 346. The molecule has 0 aromatic heterocycles. The minimum atomic E-state index is 0.153. The molecule has 0 N–H and O–H groups in total. The fourth-order valence-electron chi connectivity index (χ4n) is 3.59. The first-order valence-electron chi connectivity index (χ1n) is 8.23. The average molecular weight is 278 g/mol. The number of unbranched alkanes of at least 4 members (excludes halogenated alkanes) is 1. The highest BCUT2D eigenvalue weighted by molar-refractivity contribution is 5.92. The number of rotatable bonds is 4. The van der Waals surface area contributed by atoms with Gasteiger partial charge in [-0.3, -0.25) is 4.79 Å². The monoisotopic (exact) mass is 278 g/mol. The van der Waals surface area contributed by atoms with E-state index in [1.165, 1.54) is 58.2 Å². The van der Waals surface area contributed by atoms with Gasteiger partial charge >= 0.3 is 0 Å². The Balaban J connectivity index is 1.79. The standard InChI is InChI=1S/C17H30N2O/c1-4-5-10-18-11-6-17(7-12-18)8-13-19(14-9-17)16(20)15(2)3/h2,4-14H2,1,3H3. The SMILES string of the molecule is C=C(C)C(=O)N1CCC2(CCN(CCCC)CC2)CC1. The summed E-state index contributed by atoms with van der Waals surface area (Å²) in [6.45, 7) is 13.5. The van der Waals surface area contributed by atoms with Crippen molar-refractivity contribution in [2.75, 3.05) is 32.7 Å². The van der Waals surface area contributed by atoms with Crippen LogP contribution in [0.25, 0.3) is 0 Å².